The van der Waals surface area contributed by atoms with E-state index in [4.69, 9.17) is 4.74 Å². The summed E-state index contributed by atoms with van der Waals surface area (Å²) in [7, 11) is 0. The van der Waals surface area contributed by atoms with Gasteiger partial charge in [0.1, 0.15) is 12.4 Å². The summed E-state index contributed by atoms with van der Waals surface area (Å²) in [6.45, 7) is 4.40. The fraction of sp³-hybridized carbons (Fsp3) is 0.200. The third kappa shape index (κ3) is 5.28. The minimum atomic E-state index is -0.116. The van der Waals surface area contributed by atoms with Crippen LogP contribution in [0.25, 0.3) is 6.08 Å². The highest BCUT2D eigenvalue weighted by molar-refractivity contribution is 7.10. The topological polar surface area (TPSA) is 51.2 Å². The van der Waals surface area contributed by atoms with Gasteiger partial charge in [-0.3, -0.25) is 4.79 Å². The number of aromatic nitrogens is 1. The average Bonchev–Trinajstić information content (AvgIpc) is 3.30. The van der Waals surface area contributed by atoms with Gasteiger partial charge in [-0.25, -0.2) is 4.98 Å². The number of carbonyl (C=O) groups is 1. The van der Waals surface area contributed by atoms with Crippen LogP contribution in [0, 0.1) is 6.92 Å². The first-order valence-electron chi connectivity index (χ1n) is 8.26. The molecule has 0 saturated carbocycles. The smallest absolute Gasteiger partial charge is 0.244 e. The van der Waals surface area contributed by atoms with E-state index in [-0.39, 0.29) is 11.9 Å². The Morgan fingerprint density at radius 1 is 1.31 bits per heavy atom. The zero-order chi connectivity index (χ0) is 18.4. The Morgan fingerprint density at radius 2 is 2.19 bits per heavy atom. The molecule has 3 aromatic rings. The van der Waals surface area contributed by atoms with Gasteiger partial charge in [0.15, 0.2) is 0 Å². The van der Waals surface area contributed by atoms with Crippen LogP contribution in [-0.4, -0.2) is 10.9 Å². The number of thiazole rings is 1. The maximum atomic E-state index is 12.1. The lowest BCUT2D eigenvalue weighted by atomic mass is 10.2. The van der Waals surface area contributed by atoms with Crippen LogP contribution in [0.2, 0.25) is 0 Å². The Bertz CT molecular complexity index is 885. The molecule has 1 aromatic carbocycles. The van der Waals surface area contributed by atoms with E-state index in [1.807, 2.05) is 61.0 Å². The van der Waals surface area contributed by atoms with Crippen molar-refractivity contribution in [3.8, 4) is 5.75 Å². The molecule has 0 saturated heterocycles. The monoisotopic (exact) mass is 384 g/mol. The molecule has 0 aliphatic heterocycles. The first-order chi connectivity index (χ1) is 12.6. The SMILES string of the molecule is Cc1nc(COc2cccc(/C=C/C(=O)NC(C)c3cccs3)c2)cs1. The minimum absolute atomic E-state index is 0.00313. The minimum Gasteiger partial charge on any atom is -0.487 e. The highest BCUT2D eigenvalue weighted by atomic mass is 32.1. The molecular formula is C20H20N2O2S2. The molecule has 0 bridgehead atoms. The molecule has 1 atom stereocenters. The average molecular weight is 385 g/mol. The van der Waals surface area contributed by atoms with Crippen molar-refractivity contribution in [2.45, 2.75) is 26.5 Å². The highest BCUT2D eigenvalue weighted by Crippen LogP contribution is 2.19. The quantitative estimate of drug-likeness (QED) is 0.584. The second-order valence-electron chi connectivity index (χ2n) is 5.80. The maximum Gasteiger partial charge on any atom is 0.244 e. The standard InChI is InChI=1S/C20H20N2O2S2/c1-14(19-7-4-10-25-19)21-20(23)9-8-16-5-3-6-18(11-16)24-12-17-13-26-15(2)22-17/h3-11,13-14H,12H2,1-2H3,(H,21,23)/b9-8+. The van der Waals surface area contributed by atoms with Gasteiger partial charge in [-0.05, 0) is 49.1 Å². The van der Waals surface area contributed by atoms with Gasteiger partial charge in [0.05, 0.1) is 16.7 Å². The number of rotatable bonds is 7. The molecule has 1 N–H and O–H groups in total. The summed E-state index contributed by atoms with van der Waals surface area (Å²) in [5.41, 5.74) is 1.84. The Balaban J connectivity index is 1.55. The largest absolute Gasteiger partial charge is 0.487 e. The molecule has 2 heterocycles. The molecule has 6 heteroatoms. The molecule has 1 amide bonds. The molecular weight excluding hydrogens is 364 g/mol. The van der Waals surface area contributed by atoms with E-state index in [1.165, 1.54) is 0 Å². The van der Waals surface area contributed by atoms with Gasteiger partial charge >= 0.3 is 0 Å². The number of thiophene rings is 1. The number of ether oxygens (including phenoxy) is 1. The zero-order valence-corrected chi connectivity index (χ0v) is 16.3. The predicted molar refractivity (Wildman–Crippen MR) is 108 cm³/mol. The van der Waals surface area contributed by atoms with Gasteiger partial charge in [-0.2, -0.15) is 0 Å². The molecule has 0 aliphatic carbocycles. The normalized spacial score (nSPS) is 12.2. The van der Waals surface area contributed by atoms with Crippen LogP contribution in [0.15, 0.2) is 53.2 Å². The van der Waals surface area contributed by atoms with Crippen LogP contribution < -0.4 is 10.1 Å². The first kappa shape index (κ1) is 18.4. The van der Waals surface area contributed by atoms with Crippen LogP contribution in [0.3, 0.4) is 0 Å². The van der Waals surface area contributed by atoms with Crippen molar-refractivity contribution in [3.63, 3.8) is 0 Å². The Morgan fingerprint density at radius 3 is 2.92 bits per heavy atom. The number of hydrogen-bond donors (Lipinski definition) is 1. The number of aryl methyl sites for hydroxylation is 1. The summed E-state index contributed by atoms with van der Waals surface area (Å²) in [5.74, 6) is 0.639. The van der Waals surface area contributed by atoms with Gasteiger partial charge in [0.2, 0.25) is 5.91 Å². The summed E-state index contributed by atoms with van der Waals surface area (Å²) >= 11 is 3.25. The summed E-state index contributed by atoms with van der Waals surface area (Å²) < 4.78 is 5.78. The third-order valence-corrected chi connectivity index (χ3v) is 5.54. The van der Waals surface area contributed by atoms with Gasteiger partial charge < -0.3 is 10.1 Å². The zero-order valence-electron chi connectivity index (χ0n) is 14.6. The molecule has 0 aliphatic rings. The Kier molecular flexibility index (Phi) is 6.20. The molecule has 26 heavy (non-hydrogen) atoms. The van der Waals surface area contributed by atoms with Gasteiger partial charge in [-0.1, -0.05) is 18.2 Å². The number of hydrogen-bond acceptors (Lipinski definition) is 5. The summed E-state index contributed by atoms with van der Waals surface area (Å²) in [5, 5.41) is 8.00. The summed E-state index contributed by atoms with van der Waals surface area (Å²) in [6.07, 6.45) is 3.34. The molecule has 0 radical (unpaired) electrons. The first-order valence-corrected chi connectivity index (χ1v) is 10.0. The van der Waals surface area contributed by atoms with Gasteiger partial charge in [-0.15, -0.1) is 22.7 Å². The molecule has 134 valence electrons. The summed E-state index contributed by atoms with van der Waals surface area (Å²) in [6, 6.07) is 11.7. The second kappa shape index (κ2) is 8.78. The van der Waals surface area contributed by atoms with E-state index >= 15 is 0 Å². The van der Waals surface area contributed by atoms with Crippen molar-refractivity contribution in [1.82, 2.24) is 10.3 Å². The highest BCUT2D eigenvalue weighted by Gasteiger charge is 2.08. The van der Waals surface area contributed by atoms with Crippen LogP contribution in [-0.2, 0) is 11.4 Å². The third-order valence-electron chi connectivity index (χ3n) is 3.67. The van der Waals surface area contributed by atoms with Crippen molar-refractivity contribution in [3.05, 3.63) is 74.4 Å². The predicted octanol–water partition coefficient (Wildman–Crippen LogP) is 4.98. The molecule has 0 fully saturated rings. The van der Waals surface area contributed by atoms with E-state index in [1.54, 1.807) is 34.8 Å². The van der Waals surface area contributed by atoms with Crippen LogP contribution in [0.4, 0.5) is 0 Å². The van der Waals surface area contributed by atoms with Crippen LogP contribution in [0.5, 0.6) is 5.75 Å². The van der Waals surface area contributed by atoms with Crippen molar-refractivity contribution >= 4 is 34.7 Å². The van der Waals surface area contributed by atoms with Crippen molar-refractivity contribution < 1.29 is 9.53 Å². The number of nitrogens with zero attached hydrogens (tertiary/aromatic N) is 1. The Labute approximate surface area is 161 Å². The van der Waals surface area contributed by atoms with Crippen molar-refractivity contribution in [2.24, 2.45) is 0 Å². The molecule has 3 rings (SSSR count). The number of nitrogens with one attached hydrogen (secondary N) is 1. The number of amides is 1. The molecule has 0 spiro atoms. The Hall–Kier alpha value is -2.44. The number of benzene rings is 1. The van der Waals surface area contributed by atoms with Gasteiger partial charge in [0.25, 0.3) is 0 Å². The van der Waals surface area contributed by atoms with E-state index < -0.39 is 0 Å². The summed E-state index contributed by atoms with van der Waals surface area (Å²) in [4.78, 5) is 17.6. The van der Waals surface area contributed by atoms with Crippen molar-refractivity contribution in [2.75, 3.05) is 0 Å². The lowest BCUT2D eigenvalue weighted by molar-refractivity contribution is -0.117. The fourth-order valence-corrected chi connectivity index (χ4v) is 3.71. The van der Waals surface area contributed by atoms with E-state index in [9.17, 15) is 4.79 Å². The van der Waals surface area contributed by atoms with Crippen molar-refractivity contribution in [1.29, 1.82) is 0 Å². The molecule has 4 nitrogen and oxygen atoms in total. The maximum absolute atomic E-state index is 12.1. The van der Waals surface area contributed by atoms with Crippen LogP contribution >= 0.6 is 22.7 Å². The molecule has 2 aromatic heterocycles. The molecule has 1 unspecified atom stereocenters. The number of carbonyl (C=O) groups excluding carboxylic acids is 1. The lowest BCUT2D eigenvalue weighted by Crippen LogP contribution is -2.23. The van der Waals surface area contributed by atoms with Gasteiger partial charge in [0, 0.05) is 16.3 Å². The van der Waals surface area contributed by atoms with E-state index in [0.717, 1.165) is 26.9 Å². The fourth-order valence-electron chi connectivity index (χ4n) is 2.38. The second-order valence-corrected chi connectivity index (χ2v) is 7.84. The van der Waals surface area contributed by atoms with E-state index in [0.29, 0.717) is 6.61 Å². The van der Waals surface area contributed by atoms with Crippen LogP contribution in [0.1, 0.15) is 34.1 Å². The lowest BCUT2D eigenvalue weighted by Gasteiger charge is -2.10. The van der Waals surface area contributed by atoms with E-state index in [2.05, 4.69) is 10.3 Å².